The average Bonchev–Trinajstić information content (AvgIpc) is 2.69. The highest BCUT2D eigenvalue weighted by Gasteiger charge is 2.13. The molecule has 0 unspecified atom stereocenters. The summed E-state index contributed by atoms with van der Waals surface area (Å²) in [5, 5.41) is 13.7. The van der Waals surface area contributed by atoms with Crippen LogP contribution in [-0.4, -0.2) is 10.8 Å². The molecule has 0 aromatic heterocycles. The van der Waals surface area contributed by atoms with E-state index >= 15 is 0 Å². The Kier molecular flexibility index (Phi) is 6.11. The van der Waals surface area contributed by atoms with Crippen LogP contribution in [0.15, 0.2) is 77.7 Å². The van der Waals surface area contributed by atoms with Gasteiger partial charge in [-0.15, -0.1) is 11.8 Å². The highest BCUT2D eigenvalue weighted by Crippen LogP contribution is 2.27. The van der Waals surface area contributed by atoms with Gasteiger partial charge in [-0.2, -0.15) is 0 Å². The molecule has 1 N–H and O–H groups in total. The molecule has 0 radical (unpaired) electrons. The van der Waals surface area contributed by atoms with Gasteiger partial charge in [0, 0.05) is 28.3 Å². The molecule has 27 heavy (non-hydrogen) atoms. The molecule has 0 heterocycles. The Morgan fingerprint density at radius 2 is 1.74 bits per heavy atom. The lowest BCUT2D eigenvalue weighted by Gasteiger charge is -2.08. The van der Waals surface area contributed by atoms with Crippen LogP contribution >= 0.6 is 23.4 Å². The van der Waals surface area contributed by atoms with E-state index in [-0.39, 0.29) is 22.3 Å². The van der Waals surface area contributed by atoms with Crippen molar-refractivity contribution in [3.63, 3.8) is 0 Å². The third kappa shape index (κ3) is 5.09. The van der Waals surface area contributed by atoms with Gasteiger partial charge in [-0.1, -0.05) is 41.9 Å². The molecule has 3 aromatic rings. The van der Waals surface area contributed by atoms with E-state index in [0.29, 0.717) is 5.56 Å². The number of nitrogens with zero attached hydrogens (tertiary/aromatic N) is 1. The Morgan fingerprint density at radius 3 is 2.41 bits per heavy atom. The summed E-state index contributed by atoms with van der Waals surface area (Å²) in [6.45, 7) is 0. The molecular weight excluding hydrogens is 384 g/mol. The second kappa shape index (κ2) is 8.70. The summed E-state index contributed by atoms with van der Waals surface area (Å²) in [6.07, 6.45) is 0. The summed E-state index contributed by atoms with van der Waals surface area (Å²) < 4.78 is 0. The van der Waals surface area contributed by atoms with Crippen LogP contribution < -0.4 is 5.32 Å². The third-order valence-electron chi connectivity index (χ3n) is 3.77. The van der Waals surface area contributed by atoms with Crippen LogP contribution in [0.5, 0.6) is 0 Å². The lowest BCUT2D eigenvalue weighted by Crippen LogP contribution is -2.12. The third-order valence-corrected chi connectivity index (χ3v) is 5.19. The molecule has 1 amide bonds. The van der Waals surface area contributed by atoms with E-state index in [4.69, 9.17) is 11.6 Å². The first-order valence-corrected chi connectivity index (χ1v) is 9.41. The highest BCUT2D eigenvalue weighted by atomic mass is 35.5. The lowest BCUT2D eigenvalue weighted by molar-refractivity contribution is -0.384. The SMILES string of the molecule is O=C(Nc1cc([N+](=O)[O-])ccc1Cl)c1ccc(CSc2ccccc2)cc1. The van der Waals surface area contributed by atoms with Crippen molar-refractivity contribution >= 4 is 40.6 Å². The van der Waals surface area contributed by atoms with Gasteiger partial charge < -0.3 is 5.32 Å². The van der Waals surface area contributed by atoms with Crippen molar-refractivity contribution < 1.29 is 9.72 Å². The number of hydrogen-bond acceptors (Lipinski definition) is 4. The zero-order chi connectivity index (χ0) is 19.2. The largest absolute Gasteiger partial charge is 0.320 e. The van der Waals surface area contributed by atoms with Gasteiger partial charge in [-0.3, -0.25) is 14.9 Å². The first-order valence-electron chi connectivity index (χ1n) is 8.05. The summed E-state index contributed by atoms with van der Waals surface area (Å²) in [6, 6.07) is 21.2. The van der Waals surface area contributed by atoms with Gasteiger partial charge in [-0.25, -0.2) is 0 Å². The number of rotatable bonds is 6. The first kappa shape index (κ1) is 18.9. The number of carbonyl (C=O) groups is 1. The smallest absolute Gasteiger partial charge is 0.271 e. The Labute approximate surface area is 165 Å². The van der Waals surface area contributed by atoms with Crippen molar-refractivity contribution in [3.8, 4) is 0 Å². The molecule has 0 saturated carbocycles. The molecule has 3 aromatic carbocycles. The number of thioether (sulfide) groups is 1. The van der Waals surface area contributed by atoms with Crippen molar-refractivity contribution in [1.82, 2.24) is 0 Å². The number of amides is 1. The summed E-state index contributed by atoms with van der Waals surface area (Å²) in [4.78, 5) is 23.9. The molecule has 0 aliphatic heterocycles. The Balaban J connectivity index is 1.65. The number of hydrogen-bond donors (Lipinski definition) is 1. The Morgan fingerprint density at radius 1 is 1.04 bits per heavy atom. The van der Waals surface area contributed by atoms with Gasteiger partial charge in [-0.05, 0) is 35.9 Å². The topological polar surface area (TPSA) is 72.2 Å². The van der Waals surface area contributed by atoms with Crippen LogP contribution in [0, 0.1) is 10.1 Å². The van der Waals surface area contributed by atoms with E-state index in [0.717, 1.165) is 11.3 Å². The fourth-order valence-electron chi connectivity index (χ4n) is 2.35. The molecule has 7 heteroatoms. The van der Waals surface area contributed by atoms with Crippen molar-refractivity contribution in [2.24, 2.45) is 0 Å². The Hall–Kier alpha value is -2.83. The predicted octanol–water partition coefficient (Wildman–Crippen LogP) is 5.79. The number of nitrogens with one attached hydrogen (secondary N) is 1. The lowest BCUT2D eigenvalue weighted by atomic mass is 10.1. The minimum atomic E-state index is -0.537. The van der Waals surface area contributed by atoms with E-state index in [1.54, 1.807) is 23.9 Å². The zero-order valence-corrected chi connectivity index (χ0v) is 15.7. The number of benzene rings is 3. The maximum Gasteiger partial charge on any atom is 0.271 e. The molecule has 3 rings (SSSR count). The molecule has 0 aliphatic carbocycles. The molecule has 0 saturated heterocycles. The second-order valence-electron chi connectivity index (χ2n) is 5.67. The molecule has 0 aliphatic rings. The summed E-state index contributed by atoms with van der Waals surface area (Å²) in [5.41, 5.74) is 1.61. The van der Waals surface area contributed by atoms with E-state index < -0.39 is 4.92 Å². The molecule has 0 spiro atoms. The molecular formula is C20H15ClN2O3S. The van der Waals surface area contributed by atoms with Crippen LogP contribution in [0.4, 0.5) is 11.4 Å². The van der Waals surface area contributed by atoms with E-state index in [9.17, 15) is 14.9 Å². The normalized spacial score (nSPS) is 10.4. The number of carbonyl (C=O) groups excluding carboxylic acids is 1. The number of halogens is 1. The zero-order valence-electron chi connectivity index (χ0n) is 14.1. The first-order chi connectivity index (χ1) is 13.0. The van der Waals surface area contributed by atoms with Gasteiger partial charge >= 0.3 is 0 Å². The molecule has 5 nitrogen and oxygen atoms in total. The summed E-state index contributed by atoms with van der Waals surface area (Å²) >= 11 is 7.73. The Bertz CT molecular complexity index is 963. The number of anilines is 1. The van der Waals surface area contributed by atoms with Crippen molar-refractivity contribution in [2.75, 3.05) is 5.32 Å². The second-order valence-corrected chi connectivity index (χ2v) is 7.13. The molecule has 0 atom stereocenters. The van der Waals surface area contributed by atoms with E-state index in [2.05, 4.69) is 17.4 Å². The fraction of sp³-hybridized carbons (Fsp3) is 0.0500. The van der Waals surface area contributed by atoms with Crippen LogP contribution in [0.2, 0.25) is 5.02 Å². The summed E-state index contributed by atoms with van der Waals surface area (Å²) in [7, 11) is 0. The van der Waals surface area contributed by atoms with Crippen molar-refractivity contribution in [2.45, 2.75) is 10.6 Å². The predicted molar refractivity (Wildman–Crippen MR) is 109 cm³/mol. The molecule has 0 bridgehead atoms. The fourth-order valence-corrected chi connectivity index (χ4v) is 3.39. The van der Waals surface area contributed by atoms with Gasteiger partial charge in [0.05, 0.1) is 15.6 Å². The summed E-state index contributed by atoms with van der Waals surface area (Å²) in [5.74, 6) is 0.419. The minimum absolute atomic E-state index is 0.136. The van der Waals surface area contributed by atoms with Crippen LogP contribution in [0.25, 0.3) is 0 Å². The van der Waals surface area contributed by atoms with Crippen molar-refractivity contribution in [1.29, 1.82) is 0 Å². The number of nitro benzene ring substituents is 1. The van der Waals surface area contributed by atoms with Gasteiger partial charge in [0.1, 0.15) is 0 Å². The standard InChI is InChI=1S/C20H15ClN2O3S/c21-18-11-10-16(23(25)26)12-19(18)22-20(24)15-8-6-14(7-9-15)13-27-17-4-2-1-3-5-17/h1-12H,13H2,(H,22,24). The monoisotopic (exact) mass is 398 g/mol. The maximum absolute atomic E-state index is 12.4. The number of nitro groups is 1. The average molecular weight is 399 g/mol. The van der Waals surface area contributed by atoms with Gasteiger partial charge in [0.25, 0.3) is 11.6 Å². The molecule has 136 valence electrons. The number of non-ortho nitro benzene ring substituents is 1. The van der Waals surface area contributed by atoms with E-state index in [1.165, 1.54) is 23.1 Å². The van der Waals surface area contributed by atoms with E-state index in [1.807, 2.05) is 30.3 Å². The maximum atomic E-state index is 12.4. The van der Waals surface area contributed by atoms with Gasteiger partial charge in [0.2, 0.25) is 0 Å². The quantitative estimate of drug-likeness (QED) is 0.324. The van der Waals surface area contributed by atoms with Crippen LogP contribution in [0.3, 0.4) is 0 Å². The van der Waals surface area contributed by atoms with Crippen LogP contribution in [-0.2, 0) is 5.75 Å². The van der Waals surface area contributed by atoms with Gasteiger partial charge in [0.15, 0.2) is 0 Å². The molecule has 0 fully saturated rings. The van der Waals surface area contributed by atoms with Crippen LogP contribution in [0.1, 0.15) is 15.9 Å². The highest BCUT2D eigenvalue weighted by molar-refractivity contribution is 7.98. The van der Waals surface area contributed by atoms with Crippen molar-refractivity contribution in [3.05, 3.63) is 99.1 Å². The minimum Gasteiger partial charge on any atom is -0.320 e.